The number of halogens is 3. The molecule has 5 heterocycles. The zero-order valence-electron chi connectivity index (χ0n) is 18.9. The summed E-state index contributed by atoms with van der Waals surface area (Å²) in [4.78, 5) is 25.9. The average Bonchev–Trinajstić information content (AvgIpc) is 3.57. The molecule has 6 rings (SSSR count). The number of likely N-dealkylation sites (tertiary alicyclic amines) is 1. The number of ether oxygens (including phenoxy) is 2. The number of hydrogen-bond donors (Lipinski definition) is 1. The standard InChI is InChI=1S/C23H26BrClFN5O3/c1-30-6-3-15(21(30)32)27-20-16-13-9-33-10-14(13)17(24)18(25)19(16)28-22(29-20)34-11-23-4-2-5-31(23)8-12(26)7-23/h12,15H,2-11H2,1H3,(H,27,28,29)/t12-,15-,23+/m1/s1. The van der Waals surface area contributed by atoms with E-state index in [9.17, 15) is 9.18 Å². The molecule has 4 aliphatic rings. The van der Waals surface area contributed by atoms with Crippen LogP contribution in [-0.2, 0) is 22.7 Å². The minimum absolute atomic E-state index is 0.0192. The lowest BCUT2D eigenvalue weighted by atomic mass is 9.95. The van der Waals surface area contributed by atoms with Gasteiger partial charge < -0.3 is 19.7 Å². The smallest absolute Gasteiger partial charge is 0.319 e. The first-order valence-corrected chi connectivity index (χ1v) is 12.8. The zero-order valence-corrected chi connectivity index (χ0v) is 21.2. The van der Waals surface area contributed by atoms with Gasteiger partial charge in [-0.05, 0) is 52.9 Å². The first-order chi connectivity index (χ1) is 16.4. The minimum atomic E-state index is -0.836. The molecule has 2 aromatic rings. The van der Waals surface area contributed by atoms with Crippen LogP contribution in [0, 0.1) is 0 Å². The van der Waals surface area contributed by atoms with Crippen LogP contribution in [-0.4, -0.2) is 76.7 Å². The molecule has 0 saturated carbocycles. The Bertz CT molecular complexity index is 1190. The number of aromatic nitrogens is 2. The van der Waals surface area contributed by atoms with E-state index >= 15 is 0 Å². The molecule has 11 heteroatoms. The Morgan fingerprint density at radius 1 is 1.32 bits per heavy atom. The van der Waals surface area contributed by atoms with Crippen molar-refractivity contribution in [3.8, 4) is 6.01 Å². The Labute approximate surface area is 210 Å². The van der Waals surface area contributed by atoms with E-state index in [1.807, 2.05) is 0 Å². The number of fused-ring (bicyclic) bond motifs is 4. The minimum Gasteiger partial charge on any atom is -0.461 e. The predicted octanol–water partition coefficient (Wildman–Crippen LogP) is 3.67. The first kappa shape index (κ1) is 22.7. The summed E-state index contributed by atoms with van der Waals surface area (Å²) in [5, 5.41) is 4.54. The van der Waals surface area contributed by atoms with Gasteiger partial charge in [0.05, 0.1) is 34.7 Å². The molecule has 1 N–H and O–H groups in total. The number of nitrogens with zero attached hydrogens (tertiary/aromatic N) is 4. The Morgan fingerprint density at radius 2 is 2.15 bits per heavy atom. The van der Waals surface area contributed by atoms with Gasteiger partial charge in [-0.3, -0.25) is 9.69 Å². The summed E-state index contributed by atoms with van der Waals surface area (Å²) in [5.74, 6) is 0.533. The lowest BCUT2D eigenvalue weighted by Gasteiger charge is -2.30. The van der Waals surface area contributed by atoms with Crippen molar-refractivity contribution in [2.75, 3.05) is 38.6 Å². The van der Waals surface area contributed by atoms with Gasteiger partial charge in [-0.1, -0.05) is 11.6 Å². The Kier molecular flexibility index (Phi) is 5.63. The molecule has 0 spiro atoms. The van der Waals surface area contributed by atoms with Gasteiger partial charge in [0, 0.05) is 31.0 Å². The number of benzene rings is 1. The number of carbonyl (C=O) groups excluding carboxylic acids is 1. The maximum absolute atomic E-state index is 14.2. The molecule has 3 fully saturated rings. The highest BCUT2D eigenvalue weighted by Crippen LogP contribution is 2.44. The monoisotopic (exact) mass is 553 g/mol. The van der Waals surface area contributed by atoms with Crippen LogP contribution in [0.3, 0.4) is 0 Å². The van der Waals surface area contributed by atoms with Crippen molar-refractivity contribution in [3.05, 3.63) is 20.6 Å². The summed E-state index contributed by atoms with van der Waals surface area (Å²) < 4.78 is 26.8. The van der Waals surface area contributed by atoms with Crippen molar-refractivity contribution in [2.24, 2.45) is 0 Å². The third kappa shape index (κ3) is 3.56. The molecule has 3 saturated heterocycles. The summed E-state index contributed by atoms with van der Waals surface area (Å²) >= 11 is 10.3. The fourth-order valence-corrected chi connectivity index (χ4v) is 6.70. The van der Waals surface area contributed by atoms with Crippen molar-refractivity contribution in [3.63, 3.8) is 0 Å². The average molecular weight is 555 g/mol. The van der Waals surface area contributed by atoms with Crippen LogP contribution in [0.5, 0.6) is 6.01 Å². The van der Waals surface area contributed by atoms with Gasteiger partial charge in [0.1, 0.15) is 24.6 Å². The fraction of sp³-hybridized carbons (Fsp3) is 0.609. The third-order valence-corrected chi connectivity index (χ3v) is 9.15. The van der Waals surface area contributed by atoms with Crippen LogP contribution >= 0.6 is 27.5 Å². The van der Waals surface area contributed by atoms with Crippen molar-refractivity contribution < 1.29 is 18.7 Å². The Hall–Kier alpha value is -1.75. The van der Waals surface area contributed by atoms with Crippen LogP contribution < -0.4 is 10.1 Å². The highest BCUT2D eigenvalue weighted by molar-refractivity contribution is 9.10. The Balaban J connectivity index is 1.40. The molecular formula is C23H26BrClFN5O3. The van der Waals surface area contributed by atoms with Crippen LogP contribution in [0.25, 0.3) is 10.9 Å². The fourth-order valence-electron chi connectivity index (χ4n) is 5.91. The van der Waals surface area contributed by atoms with Gasteiger partial charge in [-0.25, -0.2) is 4.39 Å². The maximum atomic E-state index is 14.2. The summed E-state index contributed by atoms with van der Waals surface area (Å²) in [6.45, 7) is 3.19. The van der Waals surface area contributed by atoms with Crippen molar-refractivity contribution in [1.29, 1.82) is 0 Å². The quantitative estimate of drug-likeness (QED) is 0.604. The highest BCUT2D eigenvalue weighted by atomic mass is 79.9. The zero-order chi connectivity index (χ0) is 23.6. The van der Waals surface area contributed by atoms with Gasteiger partial charge in [-0.15, -0.1) is 0 Å². The summed E-state index contributed by atoms with van der Waals surface area (Å²) in [7, 11) is 1.79. The number of anilines is 1. The summed E-state index contributed by atoms with van der Waals surface area (Å²) in [5.41, 5.74) is 2.15. The number of hydrogen-bond acceptors (Lipinski definition) is 7. The SMILES string of the molecule is CN1CC[C@@H](Nc2nc(OC[C@@]34CCCN3C[C@H](F)C4)nc3c(Cl)c(Br)c4c(c23)COC4)C1=O. The lowest BCUT2D eigenvalue weighted by molar-refractivity contribution is -0.127. The van der Waals surface area contributed by atoms with Crippen LogP contribution in [0.2, 0.25) is 5.02 Å². The Morgan fingerprint density at radius 3 is 2.94 bits per heavy atom. The predicted molar refractivity (Wildman–Crippen MR) is 129 cm³/mol. The summed E-state index contributed by atoms with van der Waals surface area (Å²) in [6, 6.07) is -0.215. The van der Waals surface area contributed by atoms with E-state index in [-0.39, 0.29) is 23.5 Å². The molecule has 0 bridgehead atoms. The maximum Gasteiger partial charge on any atom is 0.319 e. The second kappa shape index (κ2) is 8.43. The molecule has 8 nitrogen and oxygen atoms in total. The van der Waals surface area contributed by atoms with Gasteiger partial charge in [0.15, 0.2) is 0 Å². The first-order valence-electron chi connectivity index (χ1n) is 11.7. The molecule has 3 atom stereocenters. The molecule has 34 heavy (non-hydrogen) atoms. The van der Waals surface area contributed by atoms with Crippen LogP contribution in [0.1, 0.15) is 36.8 Å². The molecular weight excluding hydrogens is 529 g/mol. The van der Waals surface area contributed by atoms with E-state index in [0.29, 0.717) is 62.1 Å². The van der Waals surface area contributed by atoms with E-state index in [2.05, 4.69) is 31.1 Å². The van der Waals surface area contributed by atoms with Gasteiger partial charge in [-0.2, -0.15) is 9.97 Å². The van der Waals surface area contributed by atoms with Crippen molar-refractivity contribution in [2.45, 2.75) is 56.6 Å². The largest absolute Gasteiger partial charge is 0.461 e. The number of carbonyl (C=O) groups is 1. The van der Waals surface area contributed by atoms with Crippen LogP contribution in [0.15, 0.2) is 4.47 Å². The molecule has 0 unspecified atom stereocenters. The van der Waals surface area contributed by atoms with Crippen LogP contribution in [0.4, 0.5) is 10.2 Å². The number of alkyl halides is 1. The van der Waals surface area contributed by atoms with E-state index in [0.717, 1.165) is 40.4 Å². The number of rotatable bonds is 5. The van der Waals surface area contributed by atoms with Crippen molar-refractivity contribution >= 4 is 50.2 Å². The van der Waals surface area contributed by atoms with E-state index in [4.69, 9.17) is 26.1 Å². The second-order valence-corrected chi connectivity index (χ2v) is 10.9. The third-order valence-electron chi connectivity index (χ3n) is 7.68. The highest BCUT2D eigenvalue weighted by Gasteiger charge is 2.49. The van der Waals surface area contributed by atoms with Gasteiger partial charge in [0.25, 0.3) is 0 Å². The van der Waals surface area contributed by atoms with E-state index in [1.54, 1.807) is 11.9 Å². The van der Waals surface area contributed by atoms with Gasteiger partial charge in [0.2, 0.25) is 5.91 Å². The molecule has 0 aliphatic carbocycles. The number of amides is 1. The van der Waals surface area contributed by atoms with E-state index < -0.39 is 6.17 Å². The lowest BCUT2D eigenvalue weighted by Crippen LogP contribution is -2.43. The molecule has 1 amide bonds. The molecule has 182 valence electrons. The molecule has 4 aliphatic heterocycles. The van der Waals surface area contributed by atoms with E-state index in [1.165, 1.54) is 0 Å². The molecule has 0 radical (unpaired) electrons. The summed E-state index contributed by atoms with van der Waals surface area (Å²) in [6.07, 6.45) is 2.23. The molecule has 1 aromatic heterocycles. The normalized spacial score (nSPS) is 28.7. The molecule has 1 aromatic carbocycles. The van der Waals surface area contributed by atoms with Gasteiger partial charge >= 0.3 is 6.01 Å². The topological polar surface area (TPSA) is 79.8 Å². The number of likely N-dealkylation sites (N-methyl/N-ethyl adjacent to an activating group) is 1. The van der Waals surface area contributed by atoms with Crippen molar-refractivity contribution in [1.82, 2.24) is 19.8 Å². The second-order valence-electron chi connectivity index (χ2n) is 9.77. The number of nitrogens with one attached hydrogen (secondary N) is 1.